The normalized spacial score (nSPS) is 15.9. The maximum Gasteiger partial charge on any atom is 0.0702 e. The standard InChI is InChI=1S/C16H13NOS/c1-19(18,14-8-3-2-4-9-14)15-11-13-7-5-6-10-16(13)17-12-15/h1-12,18H. The molecule has 3 rings (SSSR count). The van der Waals surface area contributed by atoms with E-state index in [2.05, 4.69) is 4.98 Å². The zero-order valence-electron chi connectivity index (χ0n) is 10.2. The number of benzene rings is 2. The predicted octanol–water partition coefficient (Wildman–Crippen LogP) is 4.60. The molecule has 2 aromatic carbocycles. The van der Waals surface area contributed by atoms with Crippen molar-refractivity contribution in [3.05, 3.63) is 73.1 Å². The van der Waals surface area contributed by atoms with Gasteiger partial charge in [-0.15, -0.1) is 0 Å². The quantitative estimate of drug-likeness (QED) is 0.736. The highest BCUT2D eigenvalue weighted by molar-refractivity contribution is 8.30. The summed E-state index contributed by atoms with van der Waals surface area (Å²) in [6.45, 7) is 0. The third-order valence-electron chi connectivity index (χ3n) is 3.03. The van der Waals surface area contributed by atoms with Gasteiger partial charge in [0.05, 0.1) is 5.52 Å². The van der Waals surface area contributed by atoms with Crippen molar-refractivity contribution in [2.45, 2.75) is 9.79 Å². The average molecular weight is 267 g/mol. The minimum Gasteiger partial charge on any atom is -0.342 e. The molecule has 3 heteroatoms. The molecule has 3 aromatic rings. The van der Waals surface area contributed by atoms with E-state index in [0.29, 0.717) is 4.90 Å². The first-order chi connectivity index (χ1) is 9.18. The van der Waals surface area contributed by atoms with E-state index in [-0.39, 0.29) is 0 Å². The molecule has 1 N–H and O–H groups in total. The third kappa shape index (κ3) is 2.23. The minimum absolute atomic E-state index is 0.664. The van der Waals surface area contributed by atoms with Gasteiger partial charge in [-0.05, 0) is 24.3 Å². The van der Waals surface area contributed by atoms with Crippen LogP contribution in [0.15, 0.2) is 76.7 Å². The largest absolute Gasteiger partial charge is 0.342 e. The molecule has 1 heterocycles. The molecular weight excluding hydrogens is 254 g/mol. The minimum atomic E-state index is -2.49. The van der Waals surface area contributed by atoms with E-state index >= 15 is 0 Å². The van der Waals surface area contributed by atoms with Crippen LogP contribution >= 0.6 is 10.3 Å². The Balaban J connectivity index is 2.13. The summed E-state index contributed by atoms with van der Waals surface area (Å²) in [5.74, 6) is 0. The van der Waals surface area contributed by atoms with Crippen molar-refractivity contribution in [1.29, 1.82) is 0 Å². The first-order valence-electron chi connectivity index (χ1n) is 5.91. The highest BCUT2D eigenvalue weighted by Crippen LogP contribution is 2.57. The zero-order chi connectivity index (χ0) is 13.3. The van der Waals surface area contributed by atoms with E-state index < -0.39 is 10.3 Å². The van der Waals surface area contributed by atoms with Crippen molar-refractivity contribution in [3.8, 4) is 0 Å². The molecule has 1 atom stereocenters. The number of nitrogens with zero attached hydrogens (tertiary/aromatic N) is 1. The molecular formula is C16H13NOS. The first kappa shape index (κ1) is 12.2. The van der Waals surface area contributed by atoms with Crippen LogP contribution in [0.4, 0.5) is 0 Å². The van der Waals surface area contributed by atoms with Crippen LogP contribution in [0.5, 0.6) is 0 Å². The van der Waals surface area contributed by atoms with E-state index in [1.165, 1.54) is 0 Å². The molecule has 0 aliphatic heterocycles. The molecule has 2 nitrogen and oxygen atoms in total. The van der Waals surface area contributed by atoms with Crippen LogP contribution in [-0.2, 0) is 0 Å². The van der Waals surface area contributed by atoms with Gasteiger partial charge in [-0.1, -0.05) is 46.7 Å². The van der Waals surface area contributed by atoms with E-state index in [4.69, 9.17) is 6.26 Å². The average Bonchev–Trinajstić information content (AvgIpc) is 2.47. The van der Waals surface area contributed by atoms with Crippen LogP contribution in [0.1, 0.15) is 0 Å². The lowest BCUT2D eigenvalue weighted by molar-refractivity contribution is 0.633. The van der Waals surface area contributed by atoms with Gasteiger partial charge < -0.3 is 4.55 Å². The molecule has 1 unspecified atom stereocenters. The van der Waals surface area contributed by atoms with E-state index in [9.17, 15) is 4.55 Å². The van der Waals surface area contributed by atoms with E-state index in [0.717, 1.165) is 15.8 Å². The van der Waals surface area contributed by atoms with Gasteiger partial charge in [0.15, 0.2) is 0 Å². The molecule has 0 spiro atoms. The monoisotopic (exact) mass is 267 g/mol. The number of rotatable bonds is 2. The molecule has 19 heavy (non-hydrogen) atoms. The summed E-state index contributed by atoms with van der Waals surface area (Å²) in [5.41, 5.74) is 0.898. The Morgan fingerprint density at radius 3 is 2.37 bits per heavy atom. The Hall–Kier alpha value is -1.84. The summed E-state index contributed by atoms with van der Waals surface area (Å²) in [4.78, 5) is 5.75. The summed E-state index contributed by atoms with van der Waals surface area (Å²) >= 11 is 0. The maximum absolute atomic E-state index is 10.6. The van der Waals surface area contributed by atoms with E-state index in [1.807, 2.05) is 60.7 Å². The number of pyridine rings is 1. The Morgan fingerprint density at radius 2 is 1.58 bits per heavy atom. The van der Waals surface area contributed by atoms with Crippen LogP contribution < -0.4 is 0 Å². The van der Waals surface area contributed by atoms with E-state index in [1.54, 1.807) is 6.20 Å². The third-order valence-corrected chi connectivity index (χ3v) is 4.96. The summed E-state index contributed by atoms with van der Waals surface area (Å²) in [7, 11) is -2.49. The Kier molecular flexibility index (Phi) is 3.01. The van der Waals surface area contributed by atoms with Gasteiger partial charge in [0, 0.05) is 27.6 Å². The lowest BCUT2D eigenvalue weighted by atomic mass is 10.2. The van der Waals surface area contributed by atoms with Crippen LogP contribution in [-0.4, -0.2) is 9.54 Å². The first-order valence-corrected chi connectivity index (χ1v) is 7.57. The van der Waals surface area contributed by atoms with Crippen LogP contribution in [0, 0.1) is 6.26 Å². The fourth-order valence-electron chi connectivity index (χ4n) is 1.99. The van der Waals surface area contributed by atoms with Gasteiger partial charge in [0.2, 0.25) is 0 Å². The van der Waals surface area contributed by atoms with Crippen LogP contribution in [0.25, 0.3) is 10.9 Å². The number of hydrogen-bond acceptors (Lipinski definition) is 2. The molecule has 2 radical (unpaired) electrons. The molecule has 0 aliphatic carbocycles. The summed E-state index contributed by atoms with van der Waals surface area (Å²) in [6.07, 6.45) is 7.81. The molecule has 1 aromatic heterocycles. The lowest BCUT2D eigenvalue weighted by Gasteiger charge is -2.29. The molecule has 0 bridgehead atoms. The van der Waals surface area contributed by atoms with Gasteiger partial charge in [0.1, 0.15) is 0 Å². The topological polar surface area (TPSA) is 33.1 Å². The molecule has 0 saturated carbocycles. The van der Waals surface area contributed by atoms with Crippen molar-refractivity contribution in [3.63, 3.8) is 0 Å². The highest BCUT2D eigenvalue weighted by atomic mass is 32.3. The number of para-hydroxylation sites is 1. The summed E-state index contributed by atoms with van der Waals surface area (Å²) in [6, 6.07) is 19.0. The van der Waals surface area contributed by atoms with Crippen molar-refractivity contribution >= 4 is 21.2 Å². The van der Waals surface area contributed by atoms with Gasteiger partial charge in [-0.25, -0.2) is 0 Å². The van der Waals surface area contributed by atoms with Crippen LogP contribution in [0.3, 0.4) is 0 Å². The van der Waals surface area contributed by atoms with Gasteiger partial charge in [-0.3, -0.25) is 4.98 Å². The van der Waals surface area contributed by atoms with Crippen molar-refractivity contribution < 1.29 is 4.55 Å². The Labute approximate surface area is 114 Å². The Morgan fingerprint density at radius 1 is 0.895 bits per heavy atom. The highest BCUT2D eigenvalue weighted by Gasteiger charge is 2.21. The second kappa shape index (κ2) is 4.68. The fourth-order valence-corrected chi connectivity index (χ4v) is 3.35. The van der Waals surface area contributed by atoms with Crippen molar-refractivity contribution in [2.24, 2.45) is 0 Å². The van der Waals surface area contributed by atoms with Crippen molar-refractivity contribution in [2.75, 3.05) is 0 Å². The number of hydrogen-bond donors (Lipinski definition) is 1. The second-order valence-corrected chi connectivity index (χ2v) is 6.50. The van der Waals surface area contributed by atoms with Gasteiger partial charge in [-0.2, -0.15) is 0 Å². The SMILES string of the molecule is [CH]S(O)(c1ccccc1)c1cnc2ccccc2c1. The molecule has 0 saturated heterocycles. The molecule has 0 fully saturated rings. The number of aromatic nitrogens is 1. The lowest BCUT2D eigenvalue weighted by Crippen LogP contribution is -1.97. The fraction of sp³-hybridized carbons (Fsp3) is 0. The smallest absolute Gasteiger partial charge is 0.0702 e. The van der Waals surface area contributed by atoms with Gasteiger partial charge >= 0.3 is 0 Å². The van der Waals surface area contributed by atoms with Gasteiger partial charge in [0.25, 0.3) is 0 Å². The van der Waals surface area contributed by atoms with Crippen LogP contribution in [0.2, 0.25) is 0 Å². The zero-order valence-corrected chi connectivity index (χ0v) is 11.0. The summed E-state index contributed by atoms with van der Waals surface area (Å²) in [5, 5.41) is 0.979. The predicted molar refractivity (Wildman–Crippen MR) is 79.2 cm³/mol. The molecule has 0 aliphatic rings. The van der Waals surface area contributed by atoms with Crippen molar-refractivity contribution in [1.82, 2.24) is 4.98 Å². The molecule has 0 amide bonds. The number of fused-ring (bicyclic) bond motifs is 1. The Bertz CT molecular complexity index is 710. The maximum atomic E-state index is 10.6. The molecule has 94 valence electrons. The summed E-state index contributed by atoms with van der Waals surface area (Å²) < 4.78 is 10.6. The second-order valence-electron chi connectivity index (χ2n) is 4.30.